The first kappa shape index (κ1) is 20.3. The van der Waals surface area contributed by atoms with E-state index in [9.17, 15) is 22.7 Å². The highest BCUT2D eigenvalue weighted by molar-refractivity contribution is 7.89. The normalized spacial score (nSPS) is 11.7. The molecular weight excluding hydrogens is 377 g/mol. The number of carbonyl (C=O) groups is 1. The van der Waals surface area contributed by atoms with Crippen LogP contribution < -0.4 is 10.2 Å². The molecule has 144 valence electrons. The summed E-state index contributed by atoms with van der Waals surface area (Å²) in [5.41, 5.74) is 2.48. The molecular formula is C17H18FN3O5S. The number of nitrogens with one attached hydrogen (secondary N) is 1. The number of ether oxygens (including phenoxy) is 1. The van der Waals surface area contributed by atoms with E-state index in [0.29, 0.717) is 5.56 Å². The quantitative estimate of drug-likeness (QED) is 0.543. The van der Waals surface area contributed by atoms with Crippen molar-refractivity contribution in [2.24, 2.45) is 5.10 Å². The van der Waals surface area contributed by atoms with Crippen LogP contribution in [-0.4, -0.2) is 50.7 Å². The van der Waals surface area contributed by atoms with E-state index in [-0.39, 0.29) is 16.4 Å². The maximum Gasteiger partial charge on any atom is 0.255 e. The Kier molecular flexibility index (Phi) is 6.48. The number of hydrogen-bond donors (Lipinski definition) is 2. The minimum Gasteiger partial charge on any atom is -0.504 e. The van der Waals surface area contributed by atoms with Crippen molar-refractivity contribution in [2.75, 3.05) is 20.7 Å². The minimum atomic E-state index is -3.95. The van der Waals surface area contributed by atoms with Gasteiger partial charge < -0.3 is 9.84 Å². The summed E-state index contributed by atoms with van der Waals surface area (Å²) in [6, 6.07) is 9.01. The van der Waals surface area contributed by atoms with Crippen LogP contribution in [0.1, 0.15) is 5.56 Å². The molecule has 0 bridgehead atoms. The number of amides is 1. The van der Waals surface area contributed by atoms with Gasteiger partial charge in [-0.05, 0) is 36.4 Å². The molecule has 0 radical (unpaired) electrons. The molecule has 0 heterocycles. The fourth-order valence-corrected chi connectivity index (χ4v) is 3.22. The summed E-state index contributed by atoms with van der Waals surface area (Å²) < 4.78 is 43.4. The standard InChI is InChI=1S/C17H18FN3O5S/c1-21(27(24,25)14-8-6-13(18)7-9-14)11-16(22)20-19-10-12-4-3-5-15(26-2)17(12)23/h3-10,23H,11H2,1-2H3,(H,20,22)/b19-10-. The number of hydrazone groups is 1. The van der Waals surface area contributed by atoms with Crippen molar-refractivity contribution in [3.8, 4) is 11.5 Å². The van der Waals surface area contributed by atoms with Gasteiger partial charge in [-0.1, -0.05) is 6.07 Å². The molecule has 0 aromatic heterocycles. The first-order valence-corrected chi connectivity index (χ1v) is 9.09. The highest BCUT2D eigenvalue weighted by atomic mass is 32.2. The van der Waals surface area contributed by atoms with E-state index >= 15 is 0 Å². The van der Waals surface area contributed by atoms with E-state index < -0.39 is 28.3 Å². The molecule has 0 spiro atoms. The lowest BCUT2D eigenvalue weighted by molar-refractivity contribution is -0.121. The van der Waals surface area contributed by atoms with Crippen molar-refractivity contribution in [3.63, 3.8) is 0 Å². The fraction of sp³-hybridized carbons (Fsp3) is 0.176. The van der Waals surface area contributed by atoms with Gasteiger partial charge >= 0.3 is 0 Å². The van der Waals surface area contributed by atoms with Crippen LogP contribution in [0.3, 0.4) is 0 Å². The number of nitrogens with zero attached hydrogens (tertiary/aromatic N) is 2. The van der Waals surface area contributed by atoms with Crippen molar-refractivity contribution in [1.29, 1.82) is 0 Å². The van der Waals surface area contributed by atoms with Crippen LogP contribution in [0.4, 0.5) is 4.39 Å². The largest absolute Gasteiger partial charge is 0.504 e. The zero-order valence-corrected chi connectivity index (χ0v) is 15.4. The lowest BCUT2D eigenvalue weighted by atomic mass is 10.2. The lowest BCUT2D eigenvalue weighted by Gasteiger charge is -2.16. The van der Waals surface area contributed by atoms with Gasteiger partial charge in [0.05, 0.1) is 24.8 Å². The number of methoxy groups -OCH3 is 1. The third-order valence-corrected chi connectivity index (χ3v) is 5.35. The summed E-state index contributed by atoms with van der Waals surface area (Å²) in [5, 5.41) is 13.6. The number of aromatic hydroxyl groups is 1. The van der Waals surface area contributed by atoms with Crippen LogP contribution in [0.5, 0.6) is 11.5 Å². The first-order chi connectivity index (χ1) is 12.8. The van der Waals surface area contributed by atoms with Crippen molar-refractivity contribution in [3.05, 3.63) is 53.8 Å². The van der Waals surface area contributed by atoms with Gasteiger partial charge in [-0.15, -0.1) is 0 Å². The smallest absolute Gasteiger partial charge is 0.255 e. The number of carbonyl (C=O) groups excluding carboxylic acids is 1. The molecule has 0 aliphatic carbocycles. The van der Waals surface area contributed by atoms with Crippen LogP contribution in [0.15, 0.2) is 52.5 Å². The van der Waals surface area contributed by atoms with Crippen molar-refractivity contribution >= 4 is 22.1 Å². The minimum absolute atomic E-state index is 0.135. The molecule has 10 heteroatoms. The number of benzene rings is 2. The maximum atomic E-state index is 12.9. The van der Waals surface area contributed by atoms with Gasteiger partial charge in [-0.25, -0.2) is 18.2 Å². The zero-order chi connectivity index (χ0) is 20.0. The predicted octanol–water partition coefficient (Wildman–Crippen LogP) is 1.31. The molecule has 27 heavy (non-hydrogen) atoms. The lowest BCUT2D eigenvalue weighted by Crippen LogP contribution is -2.36. The highest BCUT2D eigenvalue weighted by Crippen LogP contribution is 2.27. The molecule has 1 amide bonds. The summed E-state index contributed by atoms with van der Waals surface area (Å²) in [4.78, 5) is 11.8. The van der Waals surface area contributed by atoms with Gasteiger partial charge in [0, 0.05) is 12.6 Å². The number of para-hydroxylation sites is 1. The monoisotopic (exact) mass is 395 g/mol. The van der Waals surface area contributed by atoms with Crippen LogP contribution in [0.2, 0.25) is 0 Å². The number of phenolic OH excluding ortho intramolecular Hbond substituents is 1. The van der Waals surface area contributed by atoms with Crippen LogP contribution in [0.25, 0.3) is 0 Å². The molecule has 0 saturated carbocycles. The van der Waals surface area contributed by atoms with Crippen molar-refractivity contribution in [2.45, 2.75) is 4.90 Å². The predicted molar refractivity (Wildman–Crippen MR) is 96.6 cm³/mol. The van der Waals surface area contributed by atoms with Crippen LogP contribution in [-0.2, 0) is 14.8 Å². The Bertz CT molecular complexity index is 946. The Morgan fingerprint density at radius 2 is 1.96 bits per heavy atom. The zero-order valence-electron chi connectivity index (χ0n) is 14.6. The summed E-state index contributed by atoms with van der Waals surface area (Å²) in [6.45, 7) is -0.499. The number of halogens is 1. The molecule has 0 atom stereocenters. The van der Waals surface area contributed by atoms with Crippen molar-refractivity contribution < 1.29 is 27.4 Å². The molecule has 0 aliphatic rings. The Morgan fingerprint density at radius 1 is 1.30 bits per heavy atom. The van der Waals surface area contributed by atoms with Gasteiger partial charge in [0.1, 0.15) is 5.82 Å². The summed E-state index contributed by atoms with van der Waals surface area (Å²) in [5.74, 6) is -1.16. The molecule has 2 aromatic rings. The molecule has 0 unspecified atom stereocenters. The summed E-state index contributed by atoms with van der Waals surface area (Å²) in [7, 11) is -1.33. The second-order valence-electron chi connectivity index (χ2n) is 5.41. The number of likely N-dealkylation sites (N-methyl/N-ethyl adjacent to an activating group) is 1. The summed E-state index contributed by atoms with van der Waals surface area (Å²) in [6.07, 6.45) is 1.20. The molecule has 2 N–H and O–H groups in total. The second-order valence-corrected chi connectivity index (χ2v) is 7.45. The van der Waals surface area contributed by atoms with Crippen LogP contribution in [0, 0.1) is 5.82 Å². The maximum absolute atomic E-state index is 12.9. The Balaban J connectivity index is 2.00. The van der Waals surface area contributed by atoms with Crippen molar-refractivity contribution in [1.82, 2.24) is 9.73 Å². The molecule has 0 aliphatic heterocycles. The van der Waals surface area contributed by atoms with E-state index in [0.717, 1.165) is 28.6 Å². The third-order valence-electron chi connectivity index (χ3n) is 3.53. The van der Waals surface area contributed by atoms with Gasteiger partial charge in [-0.3, -0.25) is 4.79 Å². The number of hydrogen-bond acceptors (Lipinski definition) is 6. The first-order valence-electron chi connectivity index (χ1n) is 7.65. The number of rotatable bonds is 7. The molecule has 2 aromatic carbocycles. The molecule has 8 nitrogen and oxygen atoms in total. The Morgan fingerprint density at radius 3 is 2.59 bits per heavy atom. The Hall–Kier alpha value is -2.98. The van der Waals surface area contributed by atoms with Gasteiger partial charge in [0.2, 0.25) is 10.0 Å². The van der Waals surface area contributed by atoms with E-state index in [1.165, 1.54) is 20.4 Å². The molecule has 0 saturated heterocycles. The topological polar surface area (TPSA) is 108 Å². The molecule has 2 rings (SSSR count). The second kappa shape index (κ2) is 8.60. The molecule has 0 fully saturated rings. The number of phenols is 1. The van der Waals surface area contributed by atoms with Gasteiger partial charge in [0.15, 0.2) is 11.5 Å². The third kappa shape index (κ3) is 5.02. The summed E-state index contributed by atoms with van der Waals surface area (Å²) >= 11 is 0. The van der Waals surface area contributed by atoms with E-state index in [2.05, 4.69) is 10.5 Å². The van der Waals surface area contributed by atoms with E-state index in [1.807, 2.05) is 0 Å². The van der Waals surface area contributed by atoms with Gasteiger partial charge in [-0.2, -0.15) is 9.41 Å². The van der Waals surface area contributed by atoms with Gasteiger partial charge in [0.25, 0.3) is 5.91 Å². The van der Waals surface area contributed by atoms with Crippen LogP contribution >= 0.6 is 0 Å². The van der Waals surface area contributed by atoms with E-state index in [1.54, 1.807) is 18.2 Å². The average Bonchev–Trinajstić information content (AvgIpc) is 2.63. The number of sulfonamides is 1. The Labute approximate surface area is 155 Å². The SMILES string of the molecule is COc1cccc(/C=N\NC(=O)CN(C)S(=O)(=O)c2ccc(F)cc2)c1O. The average molecular weight is 395 g/mol. The highest BCUT2D eigenvalue weighted by Gasteiger charge is 2.22. The van der Waals surface area contributed by atoms with E-state index in [4.69, 9.17) is 4.74 Å². The fourth-order valence-electron chi connectivity index (χ4n) is 2.09.